The molecule has 0 atom stereocenters. The molecule has 92 valence electrons. The lowest BCUT2D eigenvalue weighted by atomic mass is 10.3. The monoisotopic (exact) mass is 244 g/mol. The van der Waals surface area contributed by atoms with Gasteiger partial charge in [0, 0.05) is 11.9 Å². The molecule has 2 rings (SSSR count). The second-order valence-electron chi connectivity index (χ2n) is 3.73. The summed E-state index contributed by atoms with van der Waals surface area (Å²) in [5.41, 5.74) is 7.67. The van der Waals surface area contributed by atoms with E-state index in [0.717, 1.165) is 5.69 Å². The Labute approximate surface area is 103 Å². The fourth-order valence-electron chi connectivity index (χ4n) is 1.25. The van der Waals surface area contributed by atoms with Crippen LogP contribution >= 0.6 is 0 Å². The summed E-state index contributed by atoms with van der Waals surface area (Å²) in [4.78, 5) is 19.8. The quantitative estimate of drug-likeness (QED) is 0.806. The summed E-state index contributed by atoms with van der Waals surface area (Å²) in [7, 11) is 0. The minimum atomic E-state index is -0.424. The number of amides is 1. The summed E-state index contributed by atoms with van der Waals surface area (Å²) in [6, 6.07) is 3.08. The summed E-state index contributed by atoms with van der Waals surface area (Å²) in [6.45, 7) is 3.58. The number of carbonyl (C=O) groups excluding carboxylic acids is 1. The van der Waals surface area contributed by atoms with Gasteiger partial charge in [-0.2, -0.15) is 5.10 Å². The van der Waals surface area contributed by atoms with Gasteiger partial charge in [0.05, 0.1) is 11.4 Å². The first-order valence-electron chi connectivity index (χ1n) is 5.27. The van der Waals surface area contributed by atoms with Crippen LogP contribution in [0.3, 0.4) is 0 Å². The number of hydrogen-bond donors (Lipinski definition) is 2. The number of nitrogens with one attached hydrogen (secondary N) is 1. The van der Waals surface area contributed by atoms with Crippen molar-refractivity contribution in [3.05, 3.63) is 35.4 Å². The number of carbonyl (C=O) groups is 1. The minimum absolute atomic E-state index is 0.146. The fourth-order valence-corrected chi connectivity index (χ4v) is 1.25. The highest BCUT2D eigenvalue weighted by molar-refractivity contribution is 6.02. The van der Waals surface area contributed by atoms with Crippen LogP contribution in [0.2, 0.25) is 0 Å². The summed E-state index contributed by atoms with van der Waals surface area (Å²) in [5.74, 6) is -0.278. The van der Waals surface area contributed by atoms with Crippen molar-refractivity contribution < 1.29 is 4.79 Å². The standard InChI is InChI=1S/C11H12N6O/c1-6-7(2)16-17-11(14-6)15-10(18)9-5-8(12)3-4-13-9/h3-5H,1-2H3,(H2,12,13)(H,14,15,17,18). The molecular weight excluding hydrogens is 232 g/mol. The second kappa shape index (κ2) is 4.74. The molecule has 0 radical (unpaired) electrons. The van der Waals surface area contributed by atoms with Crippen LogP contribution in [0.15, 0.2) is 18.3 Å². The van der Waals surface area contributed by atoms with Crippen LogP contribution in [0.5, 0.6) is 0 Å². The number of nitrogens with zero attached hydrogens (tertiary/aromatic N) is 4. The molecule has 2 aromatic rings. The SMILES string of the molecule is Cc1nnc(NC(=O)c2cc(N)ccn2)nc1C. The molecule has 0 bridgehead atoms. The number of nitrogen functional groups attached to an aromatic ring is 1. The first-order valence-corrected chi connectivity index (χ1v) is 5.27. The predicted molar refractivity (Wildman–Crippen MR) is 65.9 cm³/mol. The minimum Gasteiger partial charge on any atom is -0.399 e. The van der Waals surface area contributed by atoms with E-state index in [4.69, 9.17) is 5.73 Å². The Kier molecular flexibility index (Phi) is 3.13. The Morgan fingerprint density at radius 3 is 2.72 bits per heavy atom. The Morgan fingerprint density at radius 2 is 2.06 bits per heavy atom. The Bertz CT molecular complexity index is 598. The van der Waals surface area contributed by atoms with Crippen molar-refractivity contribution in [2.24, 2.45) is 0 Å². The van der Waals surface area contributed by atoms with Crippen LogP contribution in [0.1, 0.15) is 21.9 Å². The zero-order valence-corrected chi connectivity index (χ0v) is 10.0. The summed E-state index contributed by atoms with van der Waals surface area (Å²) >= 11 is 0. The van der Waals surface area contributed by atoms with E-state index in [1.165, 1.54) is 12.3 Å². The van der Waals surface area contributed by atoms with Gasteiger partial charge >= 0.3 is 0 Å². The summed E-state index contributed by atoms with van der Waals surface area (Å²) in [5, 5.41) is 10.2. The molecule has 7 heteroatoms. The lowest BCUT2D eigenvalue weighted by Gasteiger charge is -2.04. The van der Waals surface area contributed by atoms with E-state index in [0.29, 0.717) is 11.4 Å². The number of rotatable bonds is 2. The van der Waals surface area contributed by atoms with Gasteiger partial charge in [-0.1, -0.05) is 0 Å². The maximum atomic E-state index is 11.8. The van der Waals surface area contributed by atoms with Crippen molar-refractivity contribution in [3.63, 3.8) is 0 Å². The molecule has 0 saturated heterocycles. The molecule has 0 aromatic carbocycles. The second-order valence-corrected chi connectivity index (χ2v) is 3.73. The zero-order valence-electron chi connectivity index (χ0n) is 10.0. The van der Waals surface area contributed by atoms with Crippen LogP contribution in [0.4, 0.5) is 11.6 Å². The van der Waals surface area contributed by atoms with Gasteiger partial charge in [0.1, 0.15) is 5.69 Å². The van der Waals surface area contributed by atoms with E-state index in [1.807, 2.05) is 0 Å². The summed E-state index contributed by atoms with van der Waals surface area (Å²) in [6.07, 6.45) is 1.46. The molecule has 3 N–H and O–H groups in total. The molecule has 1 amide bonds. The van der Waals surface area contributed by atoms with Gasteiger partial charge in [0.25, 0.3) is 5.91 Å². The molecule has 18 heavy (non-hydrogen) atoms. The van der Waals surface area contributed by atoms with Crippen molar-refractivity contribution in [1.82, 2.24) is 20.2 Å². The van der Waals surface area contributed by atoms with Gasteiger partial charge in [0.15, 0.2) is 0 Å². The maximum absolute atomic E-state index is 11.8. The first-order chi connectivity index (χ1) is 8.56. The molecule has 0 spiro atoms. The van der Waals surface area contributed by atoms with Crippen LogP contribution in [-0.4, -0.2) is 26.1 Å². The molecule has 0 aliphatic heterocycles. The third-order valence-corrected chi connectivity index (χ3v) is 2.33. The molecule has 2 heterocycles. The molecule has 7 nitrogen and oxygen atoms in total. The number of anilines is 2. The maximum Gasteiger partial charge on any atom is 0.276 e. The largest absolute Gasteiger partial charge is 0.399 e. The van der Waals surface area contributed by atoms with Crippen LogP contribution < -0.4 is 11.1 Å². The number of pyridine rings is 1. The van der Waals surface area contributed by atoms with E-state index >= 15 is 0 Å². The highest BCUT2D eigenvalue weighted by atomic mass is 16.2. The Morgan fingerprint density at radius 1 is 1.28 bits per heavy atom. The van der Waals surface area contributed by atoms with Crippen molar-refractivity contribution in [2.75, 3.05) is 11.1 Å². The predicted octanol–water partition coefficient (Wildman–Crippen LogP) is 0.718. The normalized spacial score (nSPS) is 10.1. The van der Waals surface area contributed by atoms with Crippen LogP contribution in [0, 0.1) is 13.8 Å². The van der Waals surface area contributed by atoms with Crippen molar-refractivity contribution in [2.45, 2.75) is 13.8 Å². The van der Waals surface area contributed by atoms with E-state index in [1.54, 1.807) is 19.9 Å². The topological polar surface area (TPSA) is 107 Å². The molecule has 0 saturated carbocycles. The van der Waals surface area contributed by atoms with Gasteiger partial charge in [-0.15, -0.1) is 5.10 Å². The Balaban J connectivity index is 2.18. The lowest BCUT2D eigenvalue weighted by Crippen LogP contribution is -2.17. The fraction of sp³-hybridized carbons (Fsp3) is 0.182. The first kappa shape index (κ1) is 11.9. The van der Waals surface area contributed by atoms with Gasteiger partial charge in [-0.05, 0) is 26.0 Å². The smallest absolute Gasteiger partial charge is 0.276 e. The zero-order chi connectivity index (χ0) is 13.1. The van der Waals surface area contributed by atoms with E-state index in [2.05, 4.69) is 25.5 Å². The third kappa shape index (κ3) is 2.57. The highest BCUT2D eigenvalue weighted by Gasteiger charge is 2.10. The van der Waals surface area contributed by atoms with Gasteiger partial charge in [0.2, 0.25) is 5.95 Å². The van der Waals surface area contributed by atoms with E-state index in [9.17, 15) is 4.79 Å². The lowest BCUT2D eigenvalue weighted by molar-refractivity contribution is 0.102. The van der Waals surface area contributed by atoms with Crippen molar-refractivity contribution >= 4 is 17.5 Å². The Hall–Kier alpha value is -2.57. The number of aryl methyl sites for hydroxylation is 2. The van der Waals surface area contributed by atoms with Gasteiger partial charge in [-0.3, -0.25) is 15.1 Å². The molecule has 0 unspecified atom stereocenters. The molecule has 0 aliphatic rings. The van der Waals surface area contributed by atoms with E-state index in [-0.39, 0.29) is 11.6 Å². The van der Waals surface area contributed by atoms with Crippen LogP contribution in [-0.2, 0) is 0 Å². The third-order valence-electron chi connectivity index (χ3n) is 2.33. The average Bonchev–Trinajstić information content (AvgIpc) is 2.34. The molecule has 0 fully saturated rings. The molecular formula is C11H12N6O. The average molecular weight is 244 g/mol. The van der Waals surface area contributed by atoms with E-state index < -0.39 is 5.91 Å². The van der Waals surface area contributed by atoms with Gasteiger partial charge < -0.3 is 5.73 Å². The number of aromatic nitrogens is 4. The number of hydrogen-bond acceptors (Lipinski definition) is 6. The van der Waals surface area contributed by atoms with Crippen molar-refractivity contribution in [1.29, 1.82) is 0 Å². The highest BCUT2D eigenvalue weighted by Crippen LogP contribution is 2.06. The van der Waals surface area contributed by atoms with Gasteiger partial charge in [-0.25, -0.2) is 4.98 Å². The molecule has 0 aliphatic carbocycles. The summed E-state index contributed by atoms with van der Waals surface area (Å²) < 4.78 is 0. The van der Waals surface area contributed by atoms with Crippen molar-refractivity contribution in [3.8, 4) is 0 Å². The van der Waals surface area contributed by atoms with Crippen LogP contribution in [0.25, 0.3) is 0 Å². The molecule has 2 aromatic heterocycles. The number of nitrogens with two attached hydrogens (primary N) is 1.